The molecule has 1 unspecified atom stereocenters. The van der Waals surface area contributed by atoms with Gasteiger partial charge in [-0.1, -0.05) is 47.5 Å². The summed E-state index contributed by atoms with van der Waals surface area (Å²) in [5.74, 6) is -0.0574. The van der Waals surface area contributed by atoms with Gasteiger partial charge in [0.2, 0.25) is 0 Å². The van der Waals surface area contributed by atoms with Gasteiger partial charge in [0, 0.05) is 14.1 Å². The highest BCUT2D eigenvalue weighted by molar-refractivity contribution is 6.41. The Kier molecular flexibility index (Phi) is 4.20. The lowest BCUT2D eigenvalue weighted by atomic mass is 9.87. The molecule has 0 bridgehead atoms. The van der Waals surface area contributed by atoms with E-state index in [0.29, 0.717) is 15.9 Å². The van der Waals surface area contributed by atoms with E-state index in [1.165, 1.54) is 11.1 Å². The van der Waals surface area contributed by atoms with Crippen molar-refractivity contribution in [1.82, 2.24) is 9.47 Å². The number of hydrogen-bond acceptors (Lipinski definition) is 1. The fourth-order valence-electron chi connectivity index (χ4n) is 3.20. The highest BCUT2D eigenvalue weighted by Gasteiger charge is 2.28. The van der Waals surface area contributed by atoms with Crippen molar-refractivity contribution in [2.24, 2.45) is 7.05 Å². The van der Waals surface area contributed by atoms with Crippen molar-refractivity contribution in [3.8, 4) is 0 Å². The van der Waals surface area contributed by atoms with Gasteiger partial charge >= 0.3 is 0 Å². The van der Waals surface area contributed by atoms with Crippen LogP contribution in [0.3, 0.4) is 0 Å². The first-order valence-corrected chi connectivity index (χ1v) is 8.12. The van der Waals surface area contributed by atoms with Gasteiger partial charge in [-0.2, -0.15) is 0 Å². The highest BCUT2D eigenvalue weighted by atomic mass is 35.5. The smallest absolute Gasteiger partial charge is 0.270 e. The normalized spacial score (nSPS) is 17.2. The van der Waals surface area contributed by atoms with Crippen molar-refractivity contribution in [3.63, 3.8) is 0 Å². The minimum absolute atomic E-state index is 0.0574. The third kappa shape index (κ3) is 2.53. The predicted octanol–water partition coefficient (Wildman–Crippen LogP) is 4.48. The van der Waals surface area contributed by atoms with E-state index in [0.717, 1.165) is 19.3 Å². The maximum absolute atomic E-state index is 12.8. The quantitative estimate of drug-likeness (QED) is 0.793. The summed E-state index contributed by atoms with van der Waals surface area (Å²) in [5, 5.41) is 0.799. The zero-order chi connectivity index (χ0) is 15.9. The van der Waals surface area contributed by atoms with Crippen LogP contribution in [0.1, 0.15) is 40.5 Å². The highest BCUT2D eigenvalue weighted by Crippen LogP contribution is 2.35. The third-order valence-electron chi connectivity index (χ3n) is 4.46. The van der Waals surface area contributed by atoms with Gasteiger partial charge in [-0.05, 0) is 36.5 Å². The van der Waals surface area contributed by atoms with Crippen LogP contribution in [0, 0.1) is 0 Å². The first-order chi connectivity index (χ1) is 10.5. The van der Waals surface area contributed by atoms with E-state index in [4.69, 9.17) is 23.2 Å². The molecule has 3 nitrogen and oxygen atoms in total. The molecule has 1 amide bonds. The van der Waals surface area contributed by atoms with Gasteiger partial charge in [0.25, 0.3) is 5.91 Å². The minimum Gasteiger partial charge on any atom is -0.333 e. The lowest BCUT2D eigenvalue weighted by molar-refractivity contribution is 0.0705. The van der Waals surface area contributed by atoms with Gasteiger partial charge in [0.05, 0.1) is 11.1 Å². The van der Waals surface area contributed by atoms with Crippen molar-refractivity contribution in [2.75, 3.05) is 7.05 Å². The summed E-state index contributed by atoms with van der Waals surface area (Å²) in [6, 6.07) is 10.1. The number of amides is 1. The average molecular weight is 337 g/mol. The number of carbonyl (C=O) groups is 1. The van der Waals surface area contributed by atoms with Crippen LogP contribution in [-0.4, -0.2) is 22.4 Å². The van der Waals surface area contributed by atoms with E-state index < -0.39 is 0 Å². The Labute approximate surface area is 140 Å². The van der Waals surface area contributed by atoms with E-state index in [-0.39, 0.29) is 11.9 Å². The Morgan fingerprint density at radius 2 is 2.05 bits per heavy atom. The Morgan fingerprint density at radius 1 is 1.32 bits per heavy atom. The van der Waals surface area contributed by atoms with Gasteiger partial charge in [0.1, 0.15) is 10.8 Å². The molecule has 0 saturated heterocycles. The second-order valence-electron chi connectivity index (χ2n) is 5.75. The molecule has 3 rings (SSSR count). The summed E-state index contributed by atoms with van der Waals surface area (Å²) in [6.07, 6.45) is 3.15. The number of rotatable bonds is 2. The molecule has 0 fully saturated rings. The number of aromatic nitrogens is 1. The van der Waals surface area contributed by atoms with Crippen molar-refractivity contribution in [3.05, 3.63) is 57.3 Å². The summed E-state index contributed by atoms with van der Waals surface area (Å²) < 4.78 is 1.64. The first kappa shape index (κ1) is 15.4. The van der Waals surface area contributed by atoms with Crippen LogP contribution in [0.4, 0.5) is 0 Å². The summed E-state index contributed by atoms with van der Waals surface area (Å²) >= 11 is 12.1. The summed E-state index contributed by atoms with van der Waals surface area (Å²) in [7, 11) is 3.61. The molecule has 0 N–H and O–H groups in total. The van der Waals surface area contributed by atoms with E-state index in [1.807, 2.05) is 13.1 Å². The molecule has 22 heavy (non-hydrogen) atoms. The van der Waals surface area contributed by atoms with Crippen molar-refractivity contribution in [2.45, 2.75) is 25.3 Å². The van der Waals surface area contributed by atoms with Gasteiger partial charge in [0.15, 0.2) is 0 Å². The van der Waals surface area contributed by atoms with Crippen LogP contribution in [0.15, 0.2) is 30.3 Å². The Bertz CT molecular complexity index is 723. The summed E-state index contributed by atoms with van der Waals surface area (Å²) in [6.45, 7) is 0. The molecule has 2 aromatic rings. The third-order valence-corrected chi connectivity index (χ3v) is 5.30. The zero-order valence-corrected chi connectivity index (χ0v) is 14.2. The second-order valence-corrected chi connectivity index (χ2v) is 6.52. The Morgan fingerprint density at radius 3 is 2.73 bits per heavy atom. The largest absolute Gasteiger partial charge is 0.333 e. The molecule has 116 valence electrons. The fourth-order valence-corrected chi connectivity index (χ4v) is 3.58. The molecule has 0 radical (unpaired) electrons. The maximum atomic E-state index is 12.8. The second kappa shape index (κ2) is 5.98. The molecule has 0 aliphatic heterocycles. The van der Waals surface area contributed by atoms with Crippen LogP contribution >= 0.6 is 23.2 Å². The number of fused-ring (bicyclic) bond motifs is 1. The number of halogens is 2. The van der Waals surface area contributed by atoms with E-state index in [2.05, 4.69) is 18.2 Å². The zero-order valence-electron chi connectivity index (χ0n) is 12.6. The molecule has 0 saturated carbocycles. The summed E-state index contributed by atoms with van der Waals surface area (Å²) in [5.41, 5.74) is 3.10. The van der Waals surface area contributed by atoms with Crippen LogP contribution in [0.5, 0.6) is 0 Å². The molecule has 1 heterocycles. The van der Waals surface area contributed by atoms with Crippen LogP contribution in [0.2, 0.25) is 10.2 Å². The minimum atomic E-state index is -0.0574. The molecular weight excluding hydrogens is 319 g/mol. The van der Waals surface area contributed by atoms with Crippen molar-refractivity contribution < 1.29 is 4.79 Å². The van der Waals surface area contributed by atoms with E-state index in [1.54, 1.807) is 22.6 Å². The lowest BCUT2D eigenvalue weighted by Gasteiger charge is -2.33. The summed E-state index contributed by atoms with van der Waals surface area (Å²) in [4.78, 5) is 14.6. The van der Waals surface area contributed by atoms with Gasteiger partial charge < -0.3 is 9.47 Å². The average Bonchev–Trinajstić information content (AvgIpc) is 2.80. The molecule has 1 aromatic carbocycles. The maximum Gasteiger partial charge on any atom is 0.270 e. The predicted molar refractivity (Wildman–Crippen MR) is 89.6 cm³/mol. The number of aryl methyl sites for hydroxylation is 1. The van der Waals surface area contributed by atoms with Crippen LogP contribution < -0.4 is 0 Å². The first-order valence-electron chi connectivity index (χ1n) is 7.36. The number of carbonyl (C=O) groups excluding carboxylic acids is 1. The van der Waals surface area contributed by atoms with Gasteiger partial charge in [-0.25, -0.2) is 0 Å². The Balaban J connectivity index is 1.93. The molecule has 1 aliphatic rings. The topological polar surface area (TPSA) is 25.2 Å². The van der Waals surface area contributed by atoms with Crippen LogP contribution in [-0.2, 0) is 13.5 Å². The monoisotopic (exact) mass is 336 g/mol. The SMILES string of the molecule is CN(C(=O)c1cc(Cl)c(Cl)n1C)C1CCCc2ccccc21. The van der Waals surface area contributed by atoms with E-state index in [9.17, 15) is 4.79 Å². The van der Waals surface area contributed by atoms with Gasteiger partial charge in [-0.3, -0.25) is 4.79 Å². The van der Waals surface area contributed by atoms with E-state index >= 15 is 0 Å². The standard InChI is InChI=1S/C17H18Cl2N2O/c1-20-15(10-13(18)16(20)19)17(22)21(2)14-9-5-7-11-6-3-4-8-12(11)14/h3-4,6,8,10,14H,5,7,9H2,1-2H3. The lowest BCUT2D eigenvalue weighted by Crippen LogP contribution is -2.34. The molecular formula is C17H18Cl2N2O. The molecule has 5 heteroatoms. The van der Waals surface area contributed by atoms with Crippen LogP contribution in [0.25, 0.3) is 0 Å². The number of hydrogen-bond donors (Lipinski definition) is 0. The molecule has 1 atom stereocenters. The molecule has 0 spiro atoms. The van der Waals surface area contributed by atoms with Gasteiger partial charge in [-0.15, -0.1) is 0 Å². The van der Waals surface area contributed by atoms with Crippen molar-refractivity contribution >= 4 is 29.1 Å². The molecule has 1 aromatic heterocycles. The Hall–Kier alpha value is -1.45. The fraction of sp³-hybridized carbons (Fsp3) is 0.353. The number of nitrogens with zero attached hydrogens (tertiary/aromatic N) is 2. The number of benzene rings is 1. The molecule has 1 aliphatic carbocycles. The van der Waals surface area contributed by atoms with Crippen molar-refractivity contribution in [1.29, 1.82) is 0 Å².